The average molecular weight is 527 g/mol. The highest BCUT2D eigenvalue weighted by molar-refractivity contribution is 7.99. The number of anilines is 1. The average Bonchev–Trinajstić information content (AvgIpc) is 3.33. The van der Waals surface area contributed by atoms with E-state index in [1.54, 1.807) is 48.1 Å². The van der Waals surface area contributed by atoms with Crippen LogP contribution < -0.4 is 19.5 Å². The zero-order valence-corrected chi connectivity index (χ0v) is 20.6. The van der Waals surface area contributed by atoms with Crippen LogP contribution in [0, 0.1) is 5.82 Å². The summed E-state index contributed by atoms with van der Waals surface area (Å²) in [6.45, 7) is 0.952. The van der Waals surface area contributed by atoms with Gasteiger partial charge in [-0.2, -0.15) is 0 Å². The first kappa shape index (κ1) is 24.0. The molecule has 4 aromatic rings. The summed E-state index contributed by atoms with van der Waals surface area (Å²) in [6.07, 6.45) is 0. The number of carbonyl (C=O) groups excluding carboxylic acids is 1. The Hall–Kier alpha value is -3.76. The zero-order chi connectivity index (χ0) is 25.1. The predicted molar refractivity (Wildman–Crippen MR) is 135 cm³/mol. The van der Waals surface area contributed by atoms with Gasteiger partial charge in [0.1, 0.15) is 24.8 Å². The molecule has 184 valence electrons. The number of hydrogen-bond donors (Lipinski definition) is 1. The summed E-state index contributed by atoms with van der Waals surface area (Å²) in [5, 5.41) is 11.9. The standard InChI is InChI=1S/C25H20ClFN4O4S/c1-33-18-6-2-15(3-7-18)24-29-30-25(31(24)17-5-8-20(27)19(26)13-17)36-14-23(32)28-16-4-9-21-22(12-16)35-11-10-34-21/h2-9,12-13H,10-11,14H2,1H3,(H,28,32). The van der Waals surface area contributed by atoms with Crippen molar-refractivity contribution in [1.29, 1.82) is 0 Å². The van der Waals surface area contributed by atoms with E-state index in [9.17, 15) is 9.18 Å². The number of halogens is 2. The molecule has 1 aliphatic heterocycles. The number of hydrogen-bond acceptors (Lipinski definition) is 7. The minimum atomic E-state index is -0.535. The maximum Gasteiger partial charge on any atom is 0.234 e. The van der Waals surface area contributed by atoms with Gasteiger partial charge in [-0.3, -0.25) is 9.36 Å². The van der Waals surface area contributed by atoms with Gasteiger partial charge < -0.3 is 19.5 Å². The third-order valence-corrected chi connectivity index (χ3v) is 6.52. The number of rotatable bonds is 7. The molecule has 1 aromatic heterocycles. The first-order valence-corrected chi connectivity index (χ1v) is 12.3. The van der Waals surface area contributed by atoms with Gasteiger partial charge in [0.2, 0.25) is 5.91 Å². The normalized spacial score (nSPS) is 12.3. The molecule has 0 bridgehead atoms. The SMILES string of the molecule is COc1ccc(-c2nnc(SCC(=O)Nc3ccc4c(c3)OCCO4)n2-c2ccc(F)c(Cl)c2)cc1. The molecule has 0 fully saturated rings. The van der Waals surface area contributed by atoms with Crippen molar-refractivity contribution >= 4 is 35.0 Å². The molecular weight excluding hydrogens is 507 g/mol. The zero-order valence-electron chi connectivity index (χ0n) is 19.0. The maximum atomic E-state index is 13.9. The van der Waals surface area contributed by atoms with Crippen LogP contribution in [0.25, 0.3) is 17.1 Å². The van der Waals surface area contributed by atoms with Crippen molar-refractivity contribution in [3.05, 3.63) is 71.5 Å². The molecule has 1 aliphatic rings. The van der Waals surface area contributed by atoms with Crippen LogP contribution >= 0.6 is 23.4 Å². The number of nitrogens with one attached hydrogen (secondary N) is 1. The Morgan fingerprint density at radius 3 is 2.61 bits per heavy atom. The van der Waals surface area contributed by atoms with E-state index in [-0.39, 0.29) is 16.7 Å². The molecule has 0 aliphatic carbocycles. The Morgan fingerprint density at radius 1 is 1.08 bits per heavy atom. The summed E-state index contributed by atoms with van der Waals surface area (Å²) in [6, 6.07) is 16.9. The first-order valence-electron chi connectivity index (χ1n) is 10.9. The van der Waals surface area contributed by atoms with Crippen LogP contribution in [0.4, 0.5) is 10.1 Å². The van der Waals surface area contributed by atoms with Crippen molar-refractivity contribution in [2.75, 3.05) is 31.4 Å². The summed E-state index contributed by atoms with van der Waals surface area (Å²) in [4.78, 5) is 12.7. The molecule has 0 radical (unpaired) electrons. The summed E-state index contributed by atoms with van der Waals surface area (Å²) in [5.74, 6) is 1.72. The number of methoxy groups -OCH3 is 1. The molecule has 0 saturated heterocycles. The smallest absolute Gasteiger partial charge is 0.234 e. The Kier molecular flexibility index (Phi) is 6.97. The summed E-state index contributed by atoms with van der Waals surface area (Å²) in [5.41, 5.74) is 1.92. The number of benzene rings is 3. The molecule has 3 aromatic carbocycles. The minimum absolute atomic E-state index is 0.0332. The Labute approximate surface area is 215 Å². The van der Waals surface area contributed by atoms with Gasteiger partial charge in [-0.25, -0.2) is 4.39 Å². The quantitative estimate of drug-likeness (QED) is 0.330. The molecule has 1 N–H and O–H groups in total. The molecule has 36 heavy (non-hydrogen) atoms. The van der Waals surface area contributed by atoms with Crippen LogP contribution in [0.3, 0.4) is 0 Å². The molecule has 0 spiro atoms. The molecule has 0 atom stereocenters. The number of nitrogens with zero attached hydrogens (tertiary/aromatic N) is 3. The van der Waals surface area contributed by atoms with Crippen LogP contribution in [-0.2, 0) is 4.79 Å². The Balaban J connectivity index is 1.39. The molecule has 2 heterocycles. The highest BCUT2D eigenvalue weighted by Gasteiger charge is 2.19. The molecular formula is C25H20ClFN4O4S. The molecule has 8 nitrogen and oxygen atoms in total. The number of amides is 1. The van der Waals surface area contributed by atoms with Crippen LogP contribution in [0.2, 0.25) is 5.02 Å². The molecule has 11 heteroatoms. The lowest BCUT2D eigenvalue weighted by atomic mass is 10.2. The fraction of sp³-hybridized carbons (Fsp3) is 0.160. The van der Waals surface area contributed by atoms with Crippen molar-refractivity contribution in [2.45, 2.75) is 5.16 Å². The Morgan fingerprint density at radius 2 is 1.86 bits per heavy atom. The lowest BCUT2D eigenvalue weighted by molar-refractivity contribution is -0.113. The largest absolute Gasteiger partial charge is 0.497 e. The maximum absolute atomic E-state index is 13.9. The van der Waals surface area contributed by atoms with E-state index in [4.69, 9.17) is 25.8 Å². The monoisotopic (exact) mass is 526 g/mol. The third-order valence-electron chi connectivity index (χ3n) is 5.30. The van der Waals surface area contributed by atoms with Gasteiger partial charge in [0.25, 0.3) is 0 Å². The number of aromatic nitrogens is 3. The summed E-state index contributed by atoms with van der Waals surface area (Å²) in [7, 11) is 1.59. The van der Waals surface area contributed by atoms with E-state index in [1.165, 1.54) is 23.9 Å². The van der Waals surface area contributed by atoms with E-state index in [1.807, 2.05) is 12.1 Å². The number of ether oxygens (including phenoxy) is 3. The van der Waals surface area contributed by atoms with E-state index in [0.717, 1.165) is 5.56 Å². The highest BCUT2D eigenvalue weighted by Crippen LogP contribution is 2.33. The number of carbonyl (C=O) groups is 1. The van der Waals surface area contributed by atoms with Crippen LogP contribution in [0.5, 0.6) is 17.2 Å². The van der Waals surface area contributed by atoms with E-state index >= 15 is 0 Å². The Bertz CT molecular complexity index is 1410. The van der Waals surface area contributed by atoms with Crippen LogP contribution in [0.1, 0.15) is 0 Å². The second kappa shape index (κ2) is 10.5. The van der Waals surface area contributed by atoms with E-state index < -0.39 is 5.82 Å². The number of thioether (sulfide) groups is 1. The van der Waals surface area contributed by atoms with E-state index in [0.29, 0.717) is 52.8 Å². The fourth-order valence-corrected chi connectivity index (χ4v) is 4.52. The first-order chi connectivity index (χ1) is 17.5. The summed E-state index contributed by atoms with van der Waals surface area (Å²) >= 11 is 7.24. The third kappa shape index (κ3) is 5.09. The lowest BCUT2D eigenvalue weighted by Gasteiger charge is -2.19. The minimum Gasteiger partial charge on any atom is -0.497 e. The van der Waals surface area contributed by atoms with Crippen molar-refractivity contribution < 1.29 is 23.4 Å². The molecule has 0 saturated carbocycles. The second-order valence-electron chi connectivity index (χ2n) is 7.66. The summed E-state index contributed by atoms with van der Waals surface area (Å²) < 4.78 is 31.9. The van der Waals surface area contributed by atoms with Gasteiger partial charge in [0.15, 0.2) is 22.5 Å². The fourth-order valence-electron chi connectivity index (χ4n) is 3.60. The van der Waals surface area contributed by atoms with Crippen molar-refractivity contribution in [3.8, 4) is 34.3 Å². The van der Waals surface area contributed by atoms with Crippen molar-refractivity contribution in [1.82, 2.24) is 14.8 Å². The van der Waals surface area contributed by atoms with Gasteiger partial charge in [0.05, 0.1) is 23.6 Å². The molecule has 0 unspecified atom stereocenters. The highest BCUT2D eigenvalue weighted by atomic mass is 35.5. The van der Waals surface area contributed by atoms with E-state index in [2.05, 4.69) is 15.5 Å². The van der Waals surface area contributed by atoms with Gasteiger partial charge in [0, 0.05) is 17.3 Å². The topological polar surface area (TPSA) is 87.5 Å². The van der Waals surface area contributed by atoms with Gasteiger partial charge in [-0.05, 0) is 54.6 Å². The van der Waals surface area contributed by atoms with Crippen molar-refractivity contribution in [2.24, 2.45) is 0 Å². The van der Waals surface area contributed by atoms with Crippen molar-refractivity contribution in [3.63, 3.8) is 0 Å². The van der Waals surface area contributed by atoms with Gasteiger partial charge in [-0.15, -0.1) is 10.2 Å². The predicted octanol–water partition coefficient (Wildman–Crippen LogP) is 5.24. The molecule has 5 rings (SSSR count). The molecule has 1 amide bonds. The second-order valence-corrected chi connectivity index (χ2v) is 9.01. The van der Waals surface area contributed by atoms with Gasteiger partial charge >= 0.3 is 0 Å². The van der Waals surface area contributed by atoms with Crippen LogP contribution in [0.15, 0.2) is 65.8 Å². The van der Waals surface area contributed by atoms with Crippen LogP contribution in [-0.4, -0.2) is 46.7 Å². The lowest BCUT2D eigenvalue weighted by Crippen LogP contribution is -2.17. The number of fused-ring (bicyclic) bond motifs is 1. The van der Waals surface area contributed by atoms with Gasteiger partial charge in [-0.1, -0.05) is 23.4 Å².